The Kier molecular flexibility index (Phi) is 3.23. The normalized spacial score (nSPS) is 15.9. The standard InChI is InChI=1S/C11H14O2/c1-11(13,8-5-9-12)10-6-3-2-4-7-10/h2-8,12-13H,9H2,1H3/b8-5+/t11-/m1/s1. The van der Waals surface area contributed by atoms with Crippen LogP contribution >= 0.6 is 0 Å². The minimum Gasteiger partial charge on any atom is -0.392 e. The van der Waals surface area contributed by atoms with Gasteiger partial charge in [0.1, 0.15) is 5.60 Å². The maximum Gasteiger partial charge on any atom is 0.105 e. The molecule has 0 amide bonds. The van der Waals surface area contributed by atoms with Gasteiger partial charge in [-0.05, 0) is 12.5 Å². The molecule has 0 spiro atoms. The highest BCUT2D eigenvalue weighted by Gasteiger charge is 2.17. The Labute approximate surface area is 78.2 Å². The van der Waals surface area contributed by atoms with Crippen LogP contribution in [-0.2, 0) is 5.60 Å². The Hall–Kier alpha value is -1.12. The number of rotatable bonds is 3. The second kappa shape index (κ2) is 4.21. The summed E-state index contributed by atoms with van der Waals surface area (Å²) in [6.45, 7) is 1.64. The van der Waals surface area contributed by atoms with Gasteiger partial charge in [0.15, 0.2) is 0 Å². The fraction of sp³-hybridized carbons (Fsp3) is 0.273. The first-order chi connectivity index (χ1) is 6.17. The molecule has 70 valence electrons. The van der Waals surface area contributed by atoms with Crippen molar-refractivity contribution in [2.24, 2.45) is 0 Å². The van der Waals surface area contributed by atoms with Crippen LogP contribution in [-0.4, -0.2) is 16.8 Å². The lowest BCUT2D eigenvalue weighted by molar-refractivity contribution is 0.110. The van der Waals surface area contributed by atoms with Gasteiger partial charge in [0.05, 0.1) is 6.61 Å². The van der Waals surface area contributed by atoms with Crippen LogP contribution in [0.2, 0.25) is 0 Å². The first-order valence-corrected chi connectivity index (χ1v) is 4.23. The summed E-state index contributed by atoms with van der Waals surface area (Å²) in [6.07, 6.45) is 3.12. The Balaban J connectivity index is 2.87. The molecule has 0 bridgehead atoms. The predicted octanol–water partition coefficient (Wildman–Crippen LogP) is 1.44. The number of hydrogen-bond donors (Lipinski definition) is 2. The first kappa shape index (κ1) is 9.96. The third kappa shape index (κ3) is 2.68. The highest BCUT2D eigenvalue weighted by atomic mass is 16.3. The van der Waals surface area contributed by atoms with Gasteiger partial charge >= 0.3 is 0 Å². The van der Waals surface area contributed by atoms with Crippen LogP contribution in [0.3, 0.4) is 0 Å². The molecule has 0 saturated heterocycles. The molecule has 1 rings (SSSR count). The van der Waals surface area contributed by atoms with E-state index in [0.717, 1.165) is 5.56 Å². The van der Waals surface area contributed by atoms with Crippen LogP contribution < -0.4 is 0 Å². The second-order valence-corrected chi connectivity index (χ2v) is 3.10. The predicted molar refractivity (Wildman–Crippen MR) is 52.2 cm³/mol. The molecular weight excluding hydrogens is 164 g/mol. The molecule has 13 heavy (non-hydrogen) atoms. The van der Waals surface area contributed by atoms with Crippen molar-refractivity contribution in [1.82, 2.24) is 0 Å². The molecule has 0 aliphatic heterocycles. The van der Waals surface area contributed by atoms with Gasteiger partial charge in [0, 0.05) is 0 Å². The van der Waals surface area contributed by atoms with E-state index in [1.54, 1.807) is 13.0 Å². The van der Waals surface area contributed by atoms with Crippen molar-refractivity contribution in [2.75, 3.05) is 6.61 Å². The van der Waals surface area contributed by atoms with E-state index in [1.807, 2.05) is 30.3 Å². The lowest BCUT2D eigenvalue weighted by Gasteiger charge is -2.19. The molecule has 2 nitrogen and oxygen atoms in total. The Morgan fingerprint density at radius 1 is 1.31 bits per heavy atom. The average Bonchev–Trinajstić information content (AvgIpc) is 2.16. The SMILES string of the molecule is C[C@@](O)(/C=C/CO)c1ccccc1. The molecule has 1 aromatic rings. The van der Waals surface area contributed by atoms with E-state index in [4.69, 9.17) is 5.11 Å². The summed E-state index contributed by atoms with van der Waals surface area (Å²) in [6, 6.07) is 9.34. The van der Waals surface area contributed by atoms with Gasteiger partial charge in [-0.15, -0.1) is 0 Å². The van der Waals surface area contributed by atoms with Crippen LogP contribution in [0.15, 0.2) is 42.5 Å². The molecule has 0 fully saturated rings. The average molecular weight is 178 g/mol. The molecule has 0 aliphatic carbocycles. The fourth-order valence-electron chi connectivity index (χ4n) is 1.15. The van der Waals surface area contributed by atoms with E-state index in [9.17, 15) is 5.11 Å². The molecule has 0 heterocycles. The highest BCUT2D eigenvalue weighted by Crippen LogP contribution is 2.21. The number of benzene rings is 1. The number of aliphatic hydroxyl groups is 2. The van der Waals surface area contributed by atoms with E-state index in [0.29, 0.717) is 0 Å². The monoisotopic (exact) mass is 178 g/mol. The zero-order valence-corrected chi connectivity index (χ0v) is 7.64. The Morgan fingerprint density at radius 3 is 2.46 bits per heavy atom. The van der Waals surface area contributed by atoms with Crippen molar-refractivity contribution in [3.63, 3.8) is 0 Å². The molecule has 2 N–H and O–H groups in total. The van der Waals surface area contributed by atoms with Gasteiger partial charge in [-0.3, -0.25) is 0 Å². The smallest absolute Gasteiger partial charge is 0.105 e. The van der Waals surface area contributed by atoms with E-state index < -0.39 is 5.60 Å². The maximum absolute atomic E-state index is 9.92. The lowest BCUT2D eigenvalue weighted by Crippen LogP contribution is -2.17. The third-order valence-electron chi connectivity index (χ3n) is 1.91. The summed E-state index contributed by atoms with van der Waals surface area (Å²) >= 11 is 0. The molecule has 1 aromatic carbocycles. The summed E-state index contributed by atoms with van der Waals surface area (Å²) in [5.74, 6) is 0. The van der Waals surface area contributed by atoms with Gasteiger partial charge in [0.2, 0.25) is 0 Å². The zero-order chi connectivity index (χ0) is 9.73. The number of hydrogen-bond acceptors (Lipinski definition) is 2. The molecule has 1 atom stereocenters. The summed E-state index contributed by atoms with van der Waals surface area (Å²) < 4.78 is 0. The summed E-state index contributed by atoms with van der Waals surface area (Å²) in [7, 11) is 0. The molecule has 0 aliphatic rings. The Bertz CT molecular complexity index is 275. The molecule has 0 saturated carbocycles. The maximum atomic E-state index is 9.92. The molecule has 0 aromatic heterocycles. The van der Waals surface area contributed by atoms with Gasteiger partial charge in [-0.25, -0.2) is 0 Å². The van der Waals surface area contributed by atoms with E-state index in [1.165, 1.54) is 6.08 Å². The van der Waals surface area contributed by atoms with Gasteiger partial charge in [0.25, 0.3) is 0 Å². The summed E-state index contributed by atoms with van der Waals surface area (Å²) in [5, 5.41) is 18.5. The fourth-order valence-corrected chi connectivity index (χ4v) is 1.15. The molecule has 2 heteroatoms. The molecule has 0 radical (unpaired) electrons. The minimum atomic E-state index is -0.996. The van der Waals surface area contributed by atoms with Crippen LogP contribution in [0.4, 0.5) is 0 Å². The quantitative estimate of drug-likeness (QED) is 0.688. The van der Waals surface area contributed by atoms with Crippen molar-refractivity contribution in [1.29, 1.82) is 0 Å². The van der Waals surface area contributed by atoms with Crippen LogP contribution in [0.25, 0.3) is 0 Å². The van der Waals surface area contributed by atoms with E-state index >= 15 is 0 Å². The first-order valence-electron chi connectivity index (χ1n) is 4.23. The topological polar surface area (TPSA) is 40.5 Å². The van der Waals surface area contributed by atoms with E-state index in [-0.39, 0.29) is 6.61 Å². The van der Waals surface area contributed by atoms with E-state index in [2.05, 4.69) is 0 Å². The highest BCUT2D eigenvalue weighted by molar-refractivity contribution is 5.25. The van der Waals surface area contributed by atoms with Crippen LogP contribution in [0, 0.1) is 0 Å². The molecular formula is C11H14O2. The number of aliphatic hydroxyl groups excluding tert-OH is 1. The van der Waals surface area contributed by atoms with Crippen molar-refractivity contribution >= 4 is 0 Å². The van der Waals surface area contributed by atoms with Crippen molar-refractivity contribution in [3.05, 3.63) is 48.0 Å². The third-order valence-corrected chi connectivity index (χ3v) is 1.91. The summed E-state index contributed by atoms with van der Waals surface area (Å²) in [4.78, 5) is 0. The summed E-state index contributed by atoms with van der Waals surface area (Å²) in [5.41, 5.74) is -0.177. The Morgan fingerprint density at radius 2 is 1.92 bits per heavy atom. The second-order valence-electron chi connectivity index (χ2n) is 3.10. The van der Waals surface area contributed by atoms with Gasteiger partial charge in [-0.1, -0.05) is 42.5 Å². The van der Waals surface area contributed by atoms with Crippen molar-refractivity contribution in [2.45, 2.75) is 12.5 Å². The van der Waals surface area contributed by atoms with Crippen LogP contribution in [0.5, 0.6) is 0 Å². The van der Waals surface area contributed by atoms with Crippen molar-refractivity contribution < 1.29 is 10.2 Å². The lowest BCUT2D eigenvalue weighted by atomic mass is 9.96. The largest absolute Gasteiger partial charge is 0.392 e. The zero-order valence-electron chi connectivity index (χ0n) is 7.64. The van der Waals surface area contributed by atoms with Gasteiger partial charge in [-0.2, -0.15) is 0 Å². The molecule has 0 unspecified atom stereocenters. The van der Waals surface area contributed by atoms with Gasteiger partial charge < -0.3 is 10.2 Å². The van der Waals surface area contributed by atoms with Crippen LogP contribution in [0.1, 0.15) is 12.5 Å². The van der Waals surface area contributed by atoms with Crippen molar-refractivity contribution in [3.8, 4) is 0 Å². The minimum absolute atomic E-state index is 0.0526.